The Morgan fingerprint density at radius 3 is 2.60 bits per heavy atom. The molecule has 0 rings (SSSR count). The van der Waals surface area contributed by atoms with E-state index in [4.69, 9.17) is 0 Å². The van der Waals surface area contributed by atoms with E-state index in [0.717, 1.165) is 0 Å². The summed E-state index contributed by atoms with van der Waals surface area (Å²) < 4.78 is 2.63. The molecule has 0 fully saturated rings. The van der Waals surface area contributed by atoms with Gasteiger partial charge in [-0.15, -0.1) is 0 Å². The maximum absolute atomic E-state index is 11.1. The van der Waals surface area contributed by atoms with E-state index in [1.165, 1.54) is 18.8 Å². The SMILES string of the molecule is CCCCI(C)N([O-])[I-]C. The predicted molar refractivity (Wildman–Crippen MR) is 50.8 cm³/mol. The maximum atomic E-state index is 11.1. The molecule has 0 aliphatic heterocycles. The number of unbranched alkanes of at least 4 members (excludes halogenated alkanes) is 1. The van der Waals surface area contributed by atoms with Gasteiger partial charge in [-0.05, 0) is 0 Å². The Kier molecular flexibility index (Phi) is 8.03. The van der Waals surface area contributed by atoms with Crippen LogP contribution in [-0.4, -0.2) is 15.8 Å². The van der Waals surface area contributed by atoms with Gasteiger partial charge in [0.05, 0.1) is 0 Å². The van der Waals surface area contributed by atoms with Gasteiger partial charge in [-0.2, -0.15) is 0 Å². The number of halogens is 2. The molecule has 0 saturated heterocycles. The van der Waals surface area contributed by atoms with Crippen LogP contribution in [0.3, 0.4) is 0 Å². The molecule has 0 heterocycles. The normalized spacial score (nSPS) is 12.7. The number of hydrogen-bond acceptors (Lipinski definition) is 2. The van der Waals surface area contributed by atoms with Crippen LogP contribution in [-0.2, 0) is 0 Å². The van der Waals surface area contributed by atoms with E-state index in [2.05, 4.69) is 11.9 Å². The van der Waals surface area contributed by atoms with Gasteiger partial charge in [0.1, 0.15) is 0 Å². The van der Waals surface area contributed by atoms with Crippen molar-refractivity contribution >= 4 is 20.1 Å². The van der Waals surface area contributed by atoms with E-state index in [1.807, 2.05) is 4.93 Å². The Morgan fingerprint density at radius 2 is 2.20 bits per heavy atom. The molecule has 0 saturated carbocycles. The number of nitrogens with zero attached hydrogens (tertiary/aromatic N) is 1. The number of rotatable bonds is 5. The van der Waals surface area contributed by atoms with E-state index < -0.39 is 20.1 Å². The van der Waals surface area contributed by atoms with Crippen molar-refractivity contribution < 1.29 is 21.5 Å². The molecule has 0 aromatic carbocycles. The molecule has 0 unspecified atom stereocenters. The standard InChI is InChI=1S/C6H15I2NO/c1-4-5-6-8(3)9(10)7-2/h4-6H2,1-3H3/q-2. The molecule has 0 aliphatic carbocycles. The Bertz CT molecular complexity index is 82.1. The summed E-state index contributed by atoms with van der Waals surface area (Å²) in [7, 11) is 0. The van der Waals surface area contributed by atoms with E-state index in [1.54, 1.807) is 0 Å². The second-order valence-corrected chi connectivity index (χ2v) is 10.8. The molecule has 0 radical (unpaired) electrons. The summed E-state index contributed by atoms with van der Waals surface area (Å²) in [5.41, 5.74) is 0. The monoisotopic (exact) mass is 371 g/mol. The minimum atomic E-state index is -1.15. The van der Waals surface area contributed by atoms with Gasteiger partial charge in [0, 0.05) is 0 Å². The van der Waals surface area contributed by atoms with E-state index >= 15 is 0 Å². The molecule has 0 aromatic rings. The van der Waals surface area contributed by atoms with Crippen molar-refractivity contribution in [3.63, 3.8) is 0 Å². The van der Waals surface area contributed by atoms with Crippen LogP contribution in [0.1, 0.15) is 19.8 Å². The Hall–Kier alpha value is 1.38. The molecule has 2 nitrogen and oxygen atoms in total. The molecule has 0 atom stereocenters. The zero-order valence-corrected chi connectivity index (χ0v) is 11.0. The van der Waals surface area contributed by atoms with E-state index in [0.29, 0.717) is 0 Å². The molecule has 66 valence electrons. The second kappa shape index (κ2) is 7.05. The Balaban J connectivity index is 3.31. The van der Waals surface area contributed by atoms with Crippen LogP contribution >= 0.6 is 20.1 Å². The van der Waals surface area contributed by atoms with Crippen molar-refractivity contribution in [3.8, 4) is 0 Å². The fourth-order valence-electron chi connectivity index (χ4n) is 0.503. The first-order valence-electron chi connectivity index (χ1n) is 3.25. The van der Waals surface area contributed by atoms with Crippen molar-refractivity contribution in [3.05, 3.63) is 5.21 Å². The molecular weight excluding hydrogens is 356 g/mol. The first-order valence-corrected chi connectivity index (χ1v) is 11.0. The minimum absolute atomic E-state index is 0.166. The topological polar surface area (TPSA) is 26.3 Å². The summed E-state index contributed by atoms with van der Waals surface area (Å²) in [5.74, 6) is 0. The molecule has 0 aromatic heterocycles. The van der Waals surface area contributed by atoms with Crippen LogP contribution in [0.4, 0.5) is 0 Å². The number of alkyl halides is 3. The van der Waals surface area contributed by atoms with Crippen LogP contribution in [0, 0.1) is 5.21 Å². The van der Waals surface area contributed by atoms with Crippen LogP contribution < -0.4 is 21.5 Å². The van der Waals surface area contributed by atoms with Gasteiger partial charge in [0.15, 0.2) is 0 Å². The zero-order chi connectivity index (χ0) is 7.98. The van der Waals surface area contributed by atoms with Crippen molar-refractivity contribution in [1.82, 2.24) is 1.49 Å². The third-order valence-electron chi connectivity index (χ3n) is 1.12. The average molecular weight is 371 g/mol. The van der Waals surface area contributed by atoms with Crippen LogP contribution in [0.2, 0.25) is 0 Å². The first kappa shape index (κ1) is 11.4. The zero-order valence-electron chi connectivity index (χ0n) is 6.73. The Labute approximate surface area is 81.7 Å². The van der Waals surface area contributed by atoms with Gasteiger partial charge >= 0.3 is 82.3 Å². The van der Waals surface area contributed by atoms with Crippen LogP contribution in [0.15, 0.2) is 0 Å². The summed E-state index contributed by atoms with van der Waals surface area (Å²) in [4.78, 5) is 4.22. The summed E-state index contributed by atoms with van der Waals surface area (Å²) in [6.07, 6.45) is 2.49. The van der Waals surface area contributed by atoms with Gasteiger partial charge in [-0.25, -0.2) is 0 Å². The molecule has 4 heteroatoms. The van der Waals surface area contributed by atoms with Gasteiger partial charge in [-0.1, -0.05) is 0 Å². The van der Waals surface area contributed by atoms with Crippen LogP contribution in [0.5, 0.6) is 0 Å². The van der Waals surface area contributed by atoms with E-state index in [-0.39, 0.29) is 21.5 Å². The van der Waals surface area contributed by atoms with Crippen molar-refractivity contribution in [2.45, 2.75) is 19.8 Å². The molecule has 0 spiro atoms. The summed E-state index contributed by atoms with van der Waals surface area (Å²) in [5, 5.41) is 11.1. The summed E-state index contributed by atoms with van der Waals surface area (Å²) >= 11 is -1.31. The van der Waals surface area contributed by atoms with Gasteiger partial charge < -0.3 is 0 Å². The average Bonchev–Trinajstić information content (AvgIpc) is 1.98. The van der Waals surface area contributed by atoms with Gasteiger partial charge in [-0.3, -0.25) is 0 Å². The fourth-order valence-corrected chi connectivity index (χ4v) is 8.77. The molecule has 10 heavy (non-hydrogen) atoms. The van der Waals surface area contributed by atoms with Gasteiger partial charge in [0.2, 0.25) is 0 Å². The fraction of sp³-hybridized carbons (Fsp3) is 1.00. The molecular formula is C6H15I2NO-2. The van der Waals surface area contributed by atoms with Gasteiger partial charge in [0.25, 0.3) is 0 Å². The number of hydrogen-bond donors (Lipinski definition) is 0. The third-order valence-corrected chi connectivity index (χ3v) is 12.1. The van der Waals surface area contributed by atoms with Crippen LogP contribution in [0.25, 0.3) is 0 Å². The first-order chi connectivity index (χ1) is 4.72. The predicted octanol–water partition coefficient (Wildman–Crippen LogP) is -0.729. The summed E-state index contributed by atoms with van der Waals surface area (Å²) in [6, 6.07) is 0. The quantitative estimate of drug-likeness (QED) is 0.276. The van der Waals surface area contributed by atoms with Crippen molar-refractivity contribution in [2.24, 2.45) is 0 Å². The molecule has 0 amide bonds. The molecule has 0 bridgehead atoms. The Morgan fingerprint density at radius 1 is 1.60 bits per heavy atom. The van der Waals surface area contributed by atoms with Crippen molar-refractivity contribution in [1.29, 1.82) is 0 Å². The van der Waals surface area contributed by atoms with Crippen molar-refractivity contribution in [2.75, 3.05) is 14.3 Å². The third kappa shape index (κ3) is 5.09. The summed E-state index contributed by atoms with van der Waals surface area (Å²) in [6.45, 7) is 2.18. The molecule has 0 N–H and O–H groups in total. The molecule has 0 aliphatic rings. The van der Waals surface area contributed by atoms with E-state index in [9.17, 15) is 5.21 Å². The second-order valence-electron chi connectivity index (χ2n) is 1.97.